The lowest BCUT2D eigenvalue weighted by Crippen LogP contribution is -2.19. The van der Waals surface area contributed by atoms with Gasteiger partial charge in [0.1, 0.15) is 11.6 Å². The summed E-state index contributed by atoms with van der Waals surface area (Å²) in [5, 5.41) is 0. The Labute approximate surface area is 106 Å². The Morgan fingerprint density at radius 3 is 2.88 bits per heavy atom. The maximum atomic E-state index is 13.1. The summed E-state index contributed by atoms with van der Waals surface area (Å²) in [5.41, 5.74) is 0.700. The fourth-order valence-electron chi connectivity index (χ4n) is 1.71. The number of alkyl halides is 1. The number of hydrogen-bond donors (Lipinski definition) is 0. The van der Waals surface area contributed by atoms with Gasteiger partial charge in [-0.2, -0.15) is 0 Å². The Morgan fingerprint density at radius 2 is 2.24 bits per heavy atom. The van der Waals surface area contributed by atoms with Crippen molar-refractivity contribution in [3.63, 3.8) is 0 Å². The zero-order valence-corrected chi connectivity index (χ0v) is 10.3. The van der Waals surface area contributed by atoms with Crippen molar-refractivity contribution in [1.29, 1.82) is 0 Å². The quantitative estimate of drug-likeness (QED) is 0.590. The predicted molar refractivity (Wildman–Crippen MR) is 66.8 cm³/mol. The fourth-order valence-corrected chi connectivity index (χ4v) is 1.78. The van der Waals surface area contributed by atoms with Crippen LogP contribution in [0.2, 0.25) is 0 Å². The first-order valence-electron chi connectivity index (χ1n) is 5.77. The zero-order chi connectivity index (χ0) is 12.1. The highest BCUT2D eigenvalue weighted by Gasteiger charge is 2.18. The van der Waals surface area contributed by atoms with Crippen LogP contribution in [0.5, 0.6) is 5.75 Å². The summed E-state index contributed by atoms with van der Waals surface area (Å²) in [6.07, 6.45) is 3.69. The molecule has 0 amide bonds. The Bertz CT molecular complexity index is 443. The summed E-state index contributed by atoms with van der Waals surface area (Å²) >= 11 is 5.51. The number of ether oxygens (including phenoxy) is 1. The van der Waals surface area contributed by atoms with E-state index in [1.807, 2.05) is 0 Å². The predicted octanol–water partition coefficient (Wildman–Crippen LogP) is 3.59. The van der Waals surface area contributed by atoms with Crippen LogP contribution in [0.3, 0.4) is 0 Å². The van der Waals surface area contributed by atoms with Crippen molar-refractivity contribution in [2.24, 2.45) is 5.92 Å². The molecule has 0 N–H and O–H groups in total. The molecular formula is C14H14ClFO. The van der Waals surface area contributed by atoms with Gasteiger partial charge in [-0.3, -0.25) is 0 Å². The van der Waals surface area contributed by atoms with Gasteiger partial charge in [0.15, 0.2) is 0 Å². The molecule has 0 atom stereocenters. The van der Waals surface area contributed by atoms with Gasteiger partial charge in [0.25, 0.3) is 0 Å². The third-order valence-corrected chi connectivity index (χ3v) is 3.07. The Hall–Kier alpha value is -1.20. The van der Waals surface area contributed by atoms with E-state index in [4.69, 9.17) is 16.3 Å². The van der Waals surface area contributed by atoms with Crippen LogP contribution < -0.4 is 4.74 Å². The smallest absolute Gasteiger partial charge is 0.137 e. The number of rotatable bonds is 3. The number of hydrogen-bond acceptors (Lipinski definition) is 1. The molecule has 0 spiro atoms. The summed E-state index contributed by atoms with van der Waals surface area (Å²) in [6, 6.07) is 4.40. The number of halogens is 2. The molecule has 90 valence electrons. The van der Waals surface area contributed by atoms with Crippen LogP contribution in [0.1, 0.15) is 24.8 Å². The summed E-state index contributed by atoms with van der Waals surface area (Å²) in [6.45, 7) is 0.652. The van der Waals surface area contributed by atoms with Gasteiger partial charge < -0.3 is 4.74 Å². The molecule has 0 unspecified atom stereocenters. The molecule has 0 radical (unpaired) electrons. The van der Waals surface area contributed by atoms with Crippen molar-refractivity contribution in [3.8, 4) is 17.6 Å². The van der Waals surface area contributed by atoms with E-state index in [2.05, 4.69) is 11.8 Å². The molecule has 1 aliphatic rings. The van der Waals surface area contributed by atoms with E-state index >= 15 is 0 Å². The van der Waals surface area contributed by atoms with Gasteiger partial charge in [0.2, 0.25) is 0 Å². The standard InChI is InChI=1S/C14H14ClFO/c15-8-2-5-12-6-7-13(16)9-14(12)17-10-11-3-1-4-11/h6-7,9,11H,1,3-4,8,10H2. The average Bonchev–Trinajstić information content (AvgIpc) is 2.26. The Kier molecular flexibility index (Phi) is 4.28. The molecular weight excluding hydrogens is 239 g/mol. The molecule has 1 saturated carbocycles. The summed E-state index contributed by atoms with van der Waals surface area (Å²) in [5.74, 6) is 6.73. The largest absolute Gasteiger partial charge is 0.492 e. The Morgan fingerprint density at radius 1 is 1.41 bits per heavy atom. The first-order chi connectivity index (χ1) is 8.29. The van der Waals surface area contributed by atoms with Crippen molar-refractivity contribution < 1.29 is 9.13 Å². The molecule has 1 aliphatic carbocycles. The van der Waals surface area contributed by atoms with Crippen LogP contribution >= 0.6 is 11.6 Å². The third-order valence-electron chi connectivity index (χ3n) is 2.93. The third kappa shape index (κ3) is 3.38. The highest BCUT2D eigenvalue weighted by atomic mass is 35.5. The van der Waals surface area contributed by atoms with E-state index < -0.39 is 0 Å². The number of benzene rings is 1. The summed E-state index contributed by atoms with van der Waals surface area (Å²) in [4.78, 5) is 0. The van der Waals surface area contributed by atoms with Crippen LogP contribution in [-0.4, -0.2) is 12.5 Å². The second kappa shape index (κ2) is 5.93. The van der Waals surface area contributed by atoms with Crippen LogP contribution in [0.15, 0.2) is 18.2 Å². The van der Waals surface area contributed by atoms with Gasteiger partial charge in [-0.05, 0) is 30.9 Å². The molecule has 1 aromatic carbocycles. The fraction of sp³-hybridized carbons (Fsp3) is 0.429. The minimum atomic E-state index is -0.301. The van der Waals surface area contributed by atoms with E-state index in [0.717, 1.165) is 0 Å². The molecule has 0 aromatic heterocycles. The molecule has 0 saturated heterocycles. The lowest BCUT2D eigenvalue weighted by atomic mass is 9.86. The average molecular weight is 253 g/mol. The molecule has 3 heteroatoms. The lowest BCUT2D eigenvalue weighted by Gasteiger charge is -2.25. The van der Waals surface area contributed by atoms with Crippen LogP contribution in [0, 0.1) is 23.6 Å². The van der Waals surface area contributed by atoms with Crippen LogP contribution in [0.4, 0.5) is 4.39 Å². The van der Waals surface area contributed by atoms with Gasteiger partial charge >= 0.3 is 0 Å². The molecule has 1 nitrogen and oxygen atoms in total. The van der Waals surface area contributed by atoms with Gasteiger partial charge in [0.05, 0.1) is 18.1 Å². The molecule has 0 aliphatic heterocycles. The van der Waals surface area contributed by atoms with E-state index in [-0.39, 0.29) is 11.7 Å². The Balaban J connectivity index is 2.08. The van der Waals surface area contributed by atoms with E-state index in [1.54, 1.807) is 6.07 Å². The van der Waals surface area contributed by atoms with Crippen molar-refractivity contribution in [2.45, 2.75) is 19.3 Å². The first kappa shape index (κ1) is 12.3. The van der Waals surface area contributed by atoms with Crippen molar-refractivity contribution in [2.75, 3.05) is 12.5 Å². The van der Waals surface area contributed by atoms with Crippen LogP contribution in [-0.2, 0) is 0 Å². The maximum Gasteiger partial charge on any atom is 0.137 e. The van der Waals surface area contributed by atoms with Crippen LogP contribution in [0.25, 0.3) is 0 Å². The second-order valence-electron chi connectivity index (χ2n) is 4.18. The maximum absolute atomic E-state index is 13.1. The highest BCUT2D eigenvalue weighted by Crippen LogP contribution is 2.28. The zero-order valence-electron chi connectivity index (χ0n) is 9.51. The SMILES string of the molecule is Fc1ccc(C#CCCl)c(OCC2CCC2)c1. The van der Waals surface area contributed by atoms with Gasteiger partial charge in [0, 0.05) is 6.07 Å². The lowest BCUT2D eigenvalue weighted by molar-refractivity contribution is 0.180. The molecule has 0 heterocycles. The van der Waals surface area contributed by atoms with Gasteiger partial charge in [-0.1, -0.05) is 18.3 Å². The van der Waals surface area contributed by atoms with Crippen molar-refractivity contribution in [3.05, 3.63) is 29.6 Å². The van der Waals surface area contributed by atoms with Gasteiger partial charge in [-0.15, -0.1) is 11.6 Å². The molecule has 1 aromatic rings. The highest BCUT2D eigenvalue weighted by molar-refractivity contribution is 6.19. The van der Waals surface area contributed by atoms with Crippen molar-refractivity contribution >= 4 is 11.6 Å². The van der Waals surface area contributed by atoms with Gasteiger partial charge in [-0.25, -0.2) is 4.39 Å². The van der Waals surface area contributed by atoms with E-state index in [1.165, 1.54) is 31.4 Å². The van der Waals surface area contributed by atoms with E-state index in [9.17, 15) is 4.39 Å². The molecule has 1 fully saturated rings. The minimum Gasteiger partial charge on any atom is -0.492 e. The minimum absolute atomic E-state index is 0.263. The topological polar surface area (TPSA) is 9.23 Å². The monoisotopic (exact) mass is 252 g/mol. The van der Waals surface area contributed by atoms with Crippen molar-refractivity contribution in [1.82, 2.24) is 0 Å². The normalized spacial score (nSPS) is 14.7. The molecule has 2 rings (SSSR count). The molecule has 17 heavy (non-hydrogen) atoms. The van der Waals surface area contributed by atoms with E-state index in [0.29, 0.717) is 23.8 Å². The first-order valence-corrected chi connectivity index (χ1v) is 6.30. The summed E-state index contributed by atoms with van der Waals surface area (Å²) < 4.78 is 18.8. The second-order valence-corrected chi connectivity index (χ2v) is 4.45. The summed E-state index contributed by atoms with van der Waals surface area (Å²) in [7, 11) is 0. The molecule has 0 bridgehead atoms.